The number of benzene rings is 1. The fraction of sp³-hybridized carbons (Fsp3) is 0.538. The first kappa shape index (κ1) is 13.2. The van der Waals surface area contributed by atoms with Gasteiger partial charge in [0, 0.05) is 5.69 Å². The minimum atomic E-state index is -4.38. The SMILES string of the molecule is OCC1(Nc2ccccc2C(F)(F)F)CCCC1. The Bertz CT molecular complexity index is 411. The molecule has 0 radical (unpaired) electrons. The Morgan fingerprint density at radius 3 is 2.33 bits per heavy atom. The van der Waals surface area contributed by atoms with E-state index in [4.69, 9.17) is 0 Å². The zero-order valence-electron chi connectivity index (χ0n) is 9.93. The van der Waals surface area contributed by atoms with Gasteiger partial charge < -0.3 is 10.4 Å². The van der Waals surface area contributed by atoms with Gasteiger partial charge >= 0.3 is 6.18 Å². The van der Waals surface area contributed by atoms with Gasteiger partial charge in [-0.1, -0.05) is 25.0 Å². The molecule has 0 spiro atoms. The van der Waals surface area contributed by atoms with Crippen molar-refractivity contribution in [2.75, 3.05) is 11.9 Å². The Kier molecular flexibility index (Phi) is 3.52. The number of hydrogen-bond donors (Lipinski definition) is 2. The van der Waals surface area contributed by atoms with Gasteiger partial charge in [0.05, 0.1) is 17.7 Å². The summed E-state index contributed by atoms with van der Waals surface area (Å²) in [5.74, 6) is 0. The number of aliphatic hydroxyl groups is 1. The first-order valence-corrected chi connectivity index (χ1v) is 6.02. The lowest BCUT2D eigenvalue weighted by molar-refractivity contribution is -0.137. The molecule has 18 heavy (non-hydrogen) atoms. The maximum absolute atomic E-state index is 12.8. The molecule has 5 heteroatoms. The number of rotatable bonds is 3. The number of para-hydroxylation sites is 1. The van der Waals surface area contributed by atoms with Crippen molar-refractivity contribution in [3.05, 3.63) is 29.8 Å². The van der Waals surface area contributed by atoms with Crippen LogP contribution in [0.1, 0.15) is 31.2 Å². The van der Waals surface area contributed by atoms with Crippen LogP contribution in [0.4, 0.5) is 18.9 Å². The molecule has 100 valence electrons. The Morgan fingerprint density at radius 2 is 1.78 bits per heavy atom. The molecule has 2 rings (SSSR count). The molecular formula is C13H16F3NO. The molecule has 0 saturated heterocycles. The van der Waals surface area contributed by atoms with Gasteiger partial charge in [0.25, 0.3) is 0 Å². The van der Waals surface area contributed by atoms with Gasteiger partial charge in [-0.05, 0) is 25.0 Å². The van der Waals surface area contributed by atoms with Gasteiger partial charge in [-0.25, -0.2) is 0 Å². The summed E-state index contributed by atoms with van der Waals surface area (Å²) in [7, 11) is 0. The molecule has 1 fully saturated rings. The van der Waals surface area contributed by atoms with E-state index in [9.17, 15) is 18.3 Å². The van der Waals surface area contributed by atoms with E-state index in [-0.39, 0.29) is 12.3 Å². The number of hydrogen-bond acceptors (Lipinski definition) is 2. The zero-order chi connectivity index (χ0) is 13.2. The first-order valence-electron chi connectivity index (χ1n) is 6.02. The highest BCUT2D eigenvalue weighted by molar-refractivity contribution is 5.54. The monoisotopic (exact) mass is 259 g/mol. The van der Waals surface area contributed by atoms with Crippen molar-refractivity contribution in [3.63, 3.8) is 0 Å². The van der Waals surface area contributed by atoms with E-state index in [0.29, 0.717) is 12.8 Å². The molecule has 0 aromatic heterocycles. The summed E-state index contributed by atoms with van der Waals surface area (Å²) in [5.41, 5.74) is -1.22. The third-order valence-corrected chi connectivity index (χ3v) is 3.50. The third-order valence-electron chi connectivity index (χ3n) is 3.50. The lowest BCUT2D eigenvalue weighted by atomic mass is 9.97. The van der Waals surface area contributed by atoms with E-state index in [1.165, 1.54) is 12.1 Å². The fourth-order valence-corrected chi connectivity index (χ4v) is 2.50. The molecule has 1 aliphatic carbocycles. The summed E-state index contributed by atoms with van der Waals surface area (Å²) in [6.45, 7) is -0.140. The molecule has 1 aliphatic rings. The lowest BCUT2D eigenvalue weighted by Gasteiger charge is -2.30. The van der Waals surface area contributed by atoms with Crippen LogP contribution in [0.3, 0.4) is 0 Å². The van der Waals surface area contributed by atoms with E-state index in [1.807, 2.05) is 0 Å². The summed E-state index contributed by atoms with van der Waals surface area (Å²) in [5, 5.41) is 12.3. The molecule has 0 amide bonds. The fourth-order valence-electron chi connectivity index (χ4n) is 2.50. The second-order valence-electron chi connectivity index (χ2n) is 4.81. The van der Waals surface area contributed by atoms with Crippen LogP contribution in [0.15, 0.2) is 24.3 Å². The van der Waals surface area contributed by atoms with Crippen LogP contribution in [0.25, 0.3) is 0 Å². The minimum absolute atomic E-state index is 0.0564. The summed E-state index contributed by atoms with van der Waals surface area (Å²) < 4.78 is 38.5. The molecule has 0 heterocycles. The Morgan fingerprint density at radius 1 is 1.17 bits per heavy atom. The number of aliphatic hydroxyl groups excluding tert-OH is 1. The Hall–Kier alpha value is -1.23. The van der Waals surface area contributed by atoms with Crippen molar-refractivity contribution < 1.29 is 18.3 Å². The van der Waals surface area contributed by atoms with Gasteiger partial charge in [0.15, 0.2) is 0 Å². The normalized spacial score (nSPS) is 18.9. The molecule has 2 nitrogen and oxygen atoms in total. The Labute approximate surface area is 104 Å². The Balaban J connectivity index is 2.29. The van der Waals surface area contributed by atoms with Crippen LogP contribution in [0.5, 0.6) is 0 Å². The highest BCUT2D eigenvalue weighted by Gasteiger charge is 2.37. The standard InChI is InChI=1S/C13H16F3NO/c14-13(15,16)10-5-1-2-6-11(10)17-12(9-18)7-3-4-8-12/h1-2,5-6,17-18H,3-4,7-9H2. The molecule has 0 aliphatic heterocycles. The number of anilines is 1. The van der Waals surface area contributed by atoms with Gasteiger partial charge in [0.1, 0.15) is 0 Å². The highest BCUT2D eigenvalue weighted by Crippen LogP contribution is 2.38. The van der Waals surface area contributed by atoms with Crippen molar-refractivity contribution in [2.24, 2.45) is 0 Å². The second-order valence-corrected chi connectivity index (χ2v) is 4.81. The van der Waals surface area contributed by atoms with Crippen LogP contribution in [-0.4, -0.2) is 17.3 Å². The van der Waals surface area contributed by atoms with E-state index >= 15 is 0 Å². The summed E-state index contributed by atoms with van der Waals surface area (Å²) in [4.78, 5) is 0. The average molecular weight is 259 g/mol. The quantitative estimate of drug-likeness (QED) is 0.871. The van der Waals surface area contributed by atoms with Gasteiger partial charge in [-0.3, -0.25) is 0 Å². The van der Waals surface area contributed by atoms with Crippen molar-refractivity contribution in [3.8, 4) is 0 Å². The van der Waals surface area contributed by atoms with Crippen molar-refractivity contribution >= 4 is 5.69 Å². The lowest BCUT2D eigenvalue weighted by Crippen LogP contribution is -2.39. The van der Waals surface area contributed by atoms with Crippen LogP contribution in [-0.2, 0) is 6.18 Å². The predicted molar refractivity (Wildman–Crippen MR) is 63.4 cm³/mol. The predicted octanol–water partition coefficient (Wildman–Crippen LogP) is 3.42. The van der Waals surface area contributed by atoms with E-state index in [2.05, 4.69) is 5.32 Å². The third kappa shape index (κ3) is 2.61. The molecule has 0 bridgehead atoms. The average Bonchev–Trinajstić information content (AvgIpc) is 2.78. The summed E-state index contributed by atoms with van der Waals surface area (Å²) >= 11 is 0. The van der Waals surface area contributed by atoms with Crippen LogP contribution in [0.2, 0.25) is 0 Å². The highest BCUT2D eigenvalue weighted by atomic mass is 19.4. The van der Waals surface area contributed by atoms with Crippen LogP contribution in [0, 0.1) is 0 Å². The minimum Gasteiger partial charge on any atom is -0.394 e. The van der Waals surface area contributed by atoms with Crippen LogP contribution < -0.4 is 5.32 Å². The molecule has 0 atom stereocenters. The number of nitrogens with one attached hydrogen (secondary N) is 1. The van der Waals surface area contributed by atoms with E-state index in [1.54, 1.807) is 6.07 Å². The molecule has 0 unspecified atom stereocenters. The van der Waals surface area contributed by atoms with Crippen molar-refractivity contribution in [1.82, 2.24) is 0 Å². The maximum atomic E-state index is 12.8. The summed E-state index contributed by atoms with van der Waals surface area (Å²) in [6, 6.07) is 5.41. The number of halogens is 3. The van der Waals surface area contributed by atoms with Crippen molar-refractivity contribution in [2.45, 2.75) is 37.4 Å². The second kappa shape index (κ2) is 4.80. The van der Waals surface area contributed by atoms with E-state index < -0.39 is 17.3 Å². The zero-order valence-corrected chi connectivity index (χ0v) is 9.93. The van der Waals surface area contributed by atoms with Crippen LogP contribution >= 0.6 is 0 Å². The van der Waals surface area contributed by atoms with Gasteiger partial charge in [-0.15, -0.1) is 0 Å². The largest absolute Gasteiger partial charge is 0.418 e. The molecule has 1 aromatic carbocycles. The van der Waals surface area contributed by atoms with Gasteiger partial charge in [0.2, 0.25) is 0 Å². The smallest absolute Gasteiger partial charge is 0.394 e. The van der Waals surface area contributed by atoms with Crippen molar-refractivity contribution in [1.29, 1.82) is 0 Å². The summed E-state index contributed by atoms with van der Waals surface area (Å²) in [6.07, 6.45) is -1.10. The number of alkyl halides is 3. The molecular weight excluding hydrogens is 243 g/mol. The maximum Gasteiger partial charge on any atom is 0.418 e. The van der Waals surface area contributed by atoms with E-state index in [0.717, 1.165) is 18.9 Å². The molecule has 2 N–H and O–H groups in total. The topological polar surface area (TPSA) is 32.3 Å². The molecule has 1 aromatic rings. The first-order chi connectivity index (χ1) is 8.47. The van der Waals surface area contributed by atoms with Gasteiger partial charge in [-0.2, -0.15) is 13.2 Å². The molecule has 1 saturated carbocycles.